The minimum atomic E-state index is -0.894. The number of piperidine rings is 1. The van der Waals surface area contributed by atoms with Gasteiger partial charge in [0.25, 0.3) is 0 Å². The van der Waals surface area contributed by atoms with Gasteiger partial charge in [-0.2, -0.15) is 0 Å². The maximum atomic E-state index is 12.3. The molecule has 2 aliphatic heterocycles. The molecule has 3 unspecified atom stereocenters. The van der Waals surface area contributed by atoms with Crippen molar-refractivity contribution in [2.45, 2.75) is 31.6 Å². The molecule has 0 spiro atoms. The summed E-state index contributed by atoms with van der Waals surface area (Å²) in [6.45, 7) is 0.934. The van der Waals surface area contributed by atoms with Crippen molar-refractivity contribution < 1.29 is 24.2 Å². The van der Waals surface area contributed by atoms with Crippen molar-refractivity contribution in [1.29, 1.82) is 0 Å². The van der Waals surface area contributed by atoms with E-state index in [9.17, 15) is 14.7 Å². The second-order valence-corrected chi connectivity index (χ2v) is 5.73. The molecule has 1 aromatic rings. The first-order valence-electron chi connectivity index (χ1n) is 7.47. The molecule has 22 heavy (non-hydrogen) atoms. The average molecular weight is 305 g/mol. The van der Waals surface area contributed by atoms with Crippen LogP contribution in [0.15, 0.2) is 30.3 Å². The average Bonchev–Trinajstić information content (AvgIpc) is 3.01. The van der Waals surface area contributed by atoms with Crippen LogP contribution in [0.4, 0.5) is 4.79 Å². The van der Waals surface area contributed by atoms with Crippen LogP contribution in [0.2, 0.25) is 0 Å². The van der Waals surface area contributed by atoms with Gasteiger partial charge < -0.3 is 19.5 Å². The molecule has 0 bridgehead atoms. The molecule has 2 fully saturated rings. The number of likely N-dealkylation sites (tertiary alicyclic amines) is 1. The molecule has 0 aliphatic carbocycles. The smallest absolute Gasteiger partial charge is 0.410 e. The fraction of sp³-hybridized carbons (Fsp3) is 0.500. The largest absolute Gasteiger partial charge is 0.481 e. The molecule has 1 N–H and O–H groups in total. The number of amides is 1. The van der Waals surface area contributed by atoms with Crippen molar-refractivity contribution in [3.8, 4) is 0 Å². The number of carbonyl (C=O) groups is 2. The summed E-state index contributed by atoms with van der Waals surface area (Å²) in [5.41, 5.74) is 0.905. The Morgan fingerprint density at radius 1 is 1.32 bits per heavy atom. The van der Waals surface area contributed by atoms with Crippen LogP contribution in [-0.2, 0) is 20.9 Å². The van der Waals surface area contributed by atoms with Crippen LogP contribution in [0.5, 0.6) is 0 Å². The number of carboxylic acids is 1. The molecule has 2 heterocycles. The molecule has 118 valence electrons. The highest BCUT2D eigenvalue weighted by Crippen LogP contribution is 2.32. The quantitative estimate of drug-likeness (QED) is 0.923. The molecule has 1 aromatic carbocycles. The number of hydrogen-bond donors (Lipinski definition) is 1. The number of benzene rings is 1. The summed E-state index contributed by atoms with van der Waals surface area (Å²) in [4.78, 5) is 25.1. The van der Waals surface area contributed by atoms with Crippen LogP contribution >= 0.6 is 0 Å². The van der Waals surface area contributed by atoms with Gasteiger partial charge in [0, 0.05) is 13.2 Å². The number of carbonyl (C=O) groups excluding carboxylic acids is 1. The maximum Gasteiger partial charge on any atom is 0.410 e. The third-order valence-corrected chi connectivity index (χ3v) is 4.30. The molecule has 3 rings (SSSR count). The zero-order valence-electron chi connectivity index (χ0n) is 12.2. The summed E-state index contributed by atoms with van der Waals surface area (Å²) in [6, 6.07) is 9.35. The Balaban J connectivity index is 1.65. The molecule has 0 saturated carbocycles. The lowest BCUT2D eigenvalue weighted by atomic mass is 9.90. The Hall–Kier alpha value is -2.08. The minimum Gasteiger partial charge on any atom is -0.481 e. The van der Waals surface area contributed by atoms with E-state index in [0.29, 0.717) is 13.0 Å². The van der Waals surface area contributed by atoms with E-state index >= 15 is 0 Å². The predicted octanol–water partition coefficient (Wildman–Crippen LogP) is 1.89. The van der Waals surface area contributed by atoms with Crippen molar-refractivity contribution >= 4 is 12.1 Å². The van der Waals surface area contributed by atoms with E-state index in [1.807, 2.05) is 30.3 Å². The second-order valence-electron chi connectivity index (χ2n) is 5.73. The second kappa shape index (κ2) is 6.36. The van der Waals surface area contributed by atoms with Gasteiger partial charge in [-0.05, 0) is 18.4 Å². The monoisotopic (exact) mass is 305 g/mol. The highest BCUT2D eigenvalue weighted by molar-refractivity contribution is 5.73. The van der Waals surface area contributed by atoms with Crippen LogP contribution < -0.4 is 0 Å². The molecular weight excluding hydrogens is 286 g/mol. The number of rotatable bonds is 3. The number of nitrogens with zero attached hydrogens (tertiary/aromatic N) is 1. The van der Waals surface area contributed by atoms with Crippen molar-refractivity contribution in [2.75, 3.05) is 13.2 Å². The SMILES string of the molecule is O=C(O)C1CC2OCCC2N(C(=O)OCc2ccccc2)C1. The standard InChI is InChI=1S/C16H19NO5/c18-15(19)12-8-14-13(6-7-21-14)17(9-12)16(20)22-10-11-4-2-1-3-5-11/h1-5,12-14H,6-10H2,(H,18,19). The van der Waals surface area contributed by atoms with E-state index in [1.165, 1.54) is 4.90 Å². The zero-order valence-corrected chi connectivity index (χ0v) is 12.2. The molecule has 0 radical (unpaired) electrons. The number of hydrogen-bond acceptors (Lipinski definition) is 4. The highest BCUT2D eigenvalue weighted by Gasteiger charge is 2.44. The molecular formula is C16H19NO5. The summed E-state index contributed by atoms with van der Waals surface area (Å²) in [5.74, 6) is -1.49. The lowest BCUT2D eigenvalue weighted by Gasteiger charge is -2.38. The molecule has 6 nitrogen and oxygen atoms in total. The summed E-state index contributed by atoms with van der Waals surface area (Å²) in [5, 5.41) is 9.23. The predicted molar refractivity (Wildman–Crippen MR) is 77.2 cm³/mol. The van der Waals surface area contributed by atoms with Gasteiger partial charge >= 0.3 is 12.1 Å². The van der Waals surface area contributed by atoms with Gasteiger partial charge in [0.05, 0.1) is 18.1 Å². The lowest BCUT2D eigenvalue weighted by molar-refractivity contribution is -0.145. The molecule has 2 aliphatic rings. The molecule has 3 atom stereocenters. The van der Waals surface area contributed by atoms with Crippen molar-refractivity contribution in [3.05, 3.63) is 35.9 Å². The van der Waals surface area contributed by atoms with E-state index in [2.05, 4.69) is 0 Å². The first-order chi connectivity index (χ1) is 10.6. The Labute approximate surface area is 128 Å². The number of fused-ring (bicyclic) bond motifs is 1. The van der Waals surface area contributed by atoms with Gasteiger partial charge in [0.1, 0.15) is 6.61 Å². The van der Waals surface area contributed by atoms with Gasteiger partial charge in [-0.25, -0.2) is 4.79 Å². The third kappa shape index (κ3) is 3.06. The summed E-state index contributed by atoms with van der Waals surface area (Å²) in [7, 11) is 0. The number of ether oxygens (including phenoxy) is 2. The molecule has 1 amide bonds. The van der Waals surface area contributed by atoms with E-state index in [4.69, 9.17) is 9.47 Å². The number of carboxylic acid groups (broad SMARTS) is 1. The van der Waals surface area contributed by atoms with Gasteiger partial charge in [0.2, 0.25) is 0 Å². The van der Waals surface area contributed by atoms with Crippen molar-refractivity contribution in [2.24, 2.45) is 5.92 Å². The Morgan fingerprint density at radius 2 is 2.09 bits per heavy atom. The minimum absolute atomic E-state index is 0.0705. The fourth-order valence-electron chi connectivity index (χ4n) is 3.14. The normalized spacial score (nSPS) is 27.3. The van der Waals surface area contributed by atoms with Crippen LogP contribution in [0, 0.1) is 5.92 Å². The Bertz CT molecular complexity index is 547. The summed E-state index contributed by atoms with van der Waals surface area (Å²) >= 11 is 0. The summed E-state index contributed by atoms with van der Waals surface area (Å²) in [6.07, 6.45) is 0.536. The van der Waals surface area contributed by atoms with Crippen LogP contribution in [-0.4, -0.2) is 47.4 Å². The van der Waals surface area contributed by atoms with Gasteiger partial charge in [-0.1, -0.05) is 30.3 Å². The van der Waals surface area contributed by atoms with Gasteiger partial charge in [0.15, 0.2) is 0 Å². The van der Waals surface area contributed by atoms with E-state index in [1.54, 1.807) is 0 Å². The molecule has 2 saturated heterocycles. The van der Waals surface area contributed by atoms with E-state index in [0.717, 1.165) is 12.0 Å². The lowest BCUT2D eigenvalue weighted by Crippen LogP contribution is -2.53. The van der Waals surface area contributed by atoms with Crippen LogP contribution in [0.3, 0.4) is 0 Å². The van der Waals surface area contributed by atoms with Gasteiger partial charge in [-0.15, -0.1) is 0 Å². The highest BCUT2D eigenvalue weighted by atomic mass is 16.6. The first-order valence-corrected chi connectivity index (χ1v) is 7.47. The maximum absolute atomic E-state index is 12.3. The topological polar surface area (TPSA) is 76.1 Å². The molecule has 0 aromatic heterocycles. The third-order valence-electron chi connectivity index (χ3n) is 4.30. The Morgan fingerprint density at radius 3 is 2.82 bits per heavy atom. The fourth-order valence-corrected chi connectivity index (χ4v) is 3.14. The summed E-state index contributed by atoms with van der Waals surface area (Å²) < 4.78 is 10.9. The number of aliphatic carboxylic acids is 1. The first kappa shape index (κ1) is 14.8. The Kier molecular flexibility index (Phi) is 4.29. The van der Waals surface area contributed by atoms with Crippen molar-refractivity contribution in [3.63, 3.8) is 0 Å². The van der Waals surface area contributed by atoms with Gasteiger partial charge in [-0.3, -0.25) is 4.79 Å². The van der Waals surface area contributed by atoms with Crippen molar-refractivity contribution in [1.82, 2.24) is 4.90 Å². The van der Waals surface area contributed by atoms with Crippen LogP contribution in [0.1, 0.15) is 18.4 Å². The van der Waals surface area contributed by atoms with E-state index in [-0.39, 0.29) is 25.3 Å². The zero-order chi connectivity index (χ0) is 15.5. The van der Waals surface area contributed by atoms with E-state index < -0.39 is 18.0 Å². The van der Waals surface area contributed by atoms with Crippen LogP contribution in [0.25, 0.3) is 0 Å². The molecule has 6 heteroatoms.